The van der Waals surface area contributed by atoms with E-state index in [4.69, 9.17) is 11.6 Å². The lowest BCUT2D eigenvalue weighted by atomic mass is 9.93. The number of hydrogen-bond acceptors (Lipinski definition) is 1. The van der Waals surface area contributed by atoms with E-state index in [1.54, 1.807) is 6.08 Å². The molecule has 1 aromatic carbocycles. The van der Waals surface area contributed by atoms with Gasteiger partial charge in [-0.05, 0) is 17.6 Å². The van der Waals surface area contributed by atoms with E-state index < -0.39 is 4.87 Å². The van der Waals surface area contributed by atoms with Gasteiger partial charge in [0.25, 0.3) is 0 Å². The molecule has 2 rings (SSSR count). The minimum Gasteiger partial charge on any atom is -0.301 e. The molecule has 0 saturated heterocycles. The summed E-state index contributed by atoms with van der Waals surface area (Å²) in [6.45, 7) is 0. The van der Waals surface area contributed by atoms with Crippen molar-refractivity contribution >= 4 is 23.5 Å². The van der Waals surface area contributed by atoms with Crippen molar-refractivity contribution in [2.75, 3.05) is 0 Å². The van der Waals surface area contributed by atoms with Crippen LogP contribution in [-0.4, -0.2) is 11.2 Å². The van der Waals surface area contributed by atoms with E-state index in [2.05, 4.69) is 0 Å². The average molecular weight is 219 g/mol. The van der Waals surface area contributed by atoms with Crippen LogP contribution in [0.25, 0.3) is 5.57 Å². The number of benzene rings is 1. The Morgan fingerprint density at radius 3 is 2.53 bits per heavy atom. The monoisotopic (exact) mass is 218 g/mol. The van der Waals surface area contributed by atoms with Gasteiger partial charge in [0.2, 0.25) is 0 Å². The van der Waals surface area contributed by atoms with Gasteiger partial charge in [-0.2, -0.15) is 0 Å². The number of hydrogen-bond donors (Lipinski definition) is 0. The fourth-order valence-electron chi connectivity index (χ4n) is 1.56. The Morgan fingerprint density at radius 1 is 1.27 bits per heavy atom. The van der Waals surface area contributed by atoms with Crippen LogP contribution in [0, 0.1) is 0 Å². The molecule has 0 bridgehead atoms. The first-order chi connectivity index (χ1) is 7.23. The second-order valence-corrected chi connectivity index (χ2v) is 4.31. The van der Waals surface area contributed by atoms with Crippen molar-refractivity contribution in [2.24, 2.45) is 0 Å². The number of aldehydes is 1. The summed E-state index contributed by atoms with van der Waals surface area (Å²) in [5.41, 5.74) is 2.27. The molecule has 0 N–H and O–H groups in total. The molecule has 1 atom stereocenters. The number of alkyl halides is 1. The van der Waals surface area contributed by atoms with Crippen molar-refractivity contribution < 1.29 is 4.79 Å². The molecule has 0 fully saturated rings. The Bertz CT molecular complexity index is 419. The highest BCUT2D eigenvalue weighted by molar-refractivity contribution is 6.33. The normalized spacial score (nSPS) is 24.7. The number of carbonyl (C=O) groups excluding carboxylic acids is 1. The summed E-state index contributed by atoms with van der Waals surface area (Å²) >= 11 is 6.01. The number of rotatable bonds is 2. The van der Waals surface area contributed by atoms with Gasteiger partial charge in [-0.1, -0.05) is 48.6 Å². The van der Waals surface area contributed by atoms with Crippen molar-refractivity contribution in [3.05, 3.63) is 54.1 Å². The van der Waals surface area contributed by atoms with Gasteiger partial charge in [-0.3, -0.25) is 0 Å². The van der Waals surface area contributed by atoms with Crippen LogP contribution >= 0.6 is 11.6 Å². The lowest BCUT2D eigenvalue weighted by Gasteiger charge is -2.18. The molecule has 0 radical (unpaired) electrons. The van der Waals surface area contributed by atoms with Crippen molar-refractivity contribution in [3.63, 3.8) is 0 Å². The Labute approximate surface area is 94.1 Å². The zero-order valence-corrected chi connectivity index (χ0v) is 8.95. The third-order valence-electron chi connectivity index (χ3n) is 2.48. The first-order valence-corrected chi connectivity index (χ1v) is 5.21. The molecule has 1 aromatic rings. The molecule has 0 saturated carbocycles. The third kappa shape index (κ3) is 2.18. The fraction of sp³-hybridized carbons (Fsp3) is 0.154. The minimum atomic E-state index is -0.835. The molecule has 1 aliphatic rings. The Morgan fingerprint density at radius 2 is 2.00 bits per heavy atom. The molecule has 0 aromatic heterocycles. The van der Waals surface area contributed by atoms with Gasteiger partial charge in [0.15, 0.2) is 0 Å². The van der Waals surface area contributed by atoms with Gasteiger partial charge in [-0.15, -0.1) is 11.6 Å². The SMILES string of the molecule is O=CC1(Cl)C=CC(c2ccccc2)=CC1. The predicted octanol–water partition coefficient (Wildman–Crippen LogP) is 3.21. The van der Waals surface area contributed by atoms with E-state index >= 15 is 0 Å². The first-order valence-electron chi connectivity index (χ1n) is 4.84. The van der Waals surface area contributed by atoms with Gasteiger partial charge in [0, 0.05) is 0 Å². The van der Waals surface area contributed by atoms with E-state index in [0.29, 0.717) is 6.42 Å². The van der Waals surface area contributed by atoms with Crippen LogP contribution < -0.4 is 0 Å². The van der Waals surface area contributed by atoms with Crippen LogP contribution in [0.2, 0.25) is 0 Å². The molecule has 76 valence electrons. The van der Waals surface area contributed by atoms with E-state index in [9.17, 15) is 4.79 Å². The zero-order valence-electron chi connectivity index (χ0n) is 8.19. The molecule has 0 spiro atoms. The highest BCUT2D eigenvalue weighted by atomic mass is 35.5. The first kappa shape index (κ1) is 10.2. The van der Waals surface area contributed by atoms with Crippen LogP contribution in [0.15, 0.2) is 48.6 Å². The molecule has 0 heterocycles. The van der Waals surface area contributed by atoms with Crippen LogP contribution in [0.5, 0.6) is 0 Å². The van der Waals surface area contributed by atoms with E-state index in [0.717, 1.165) is 17.4 Å². The standard InChI is InChI=1S/C13H11ClO/c14-13(10-15)8-6-12(7-9-13)11-4-2-1-3-5-11/h1-8,10H,9H2. The summed E-state index contributed by atoms with van der Waals surface area (Å²) in [4.78, 5) is 9.88. The maximum absolute atomic E-state index is 10.7. The van der Waals surface area contributed by atoms with Crippen LogP contribution in [0.4, 0.5) is 0 Å². The topological polar surface area (TPSA) is 17.1 Å². The maximum atomic E-state index is 10.7. The highest BCUT2D eigenvalue weighted by Gasteiger charge is 2.24. The summed E-state index contributed by atoms with van der Waals surface area (Å²) < 4.78 is 0. The summed E-state index contributed by atoms with van der Waals surface area (Å²) in [5, 5.41) is 0. The van der Waals surface area contributed by atoms with Crippen molar-refractivity contribution in [3.8, 4) is 0 Å². The highest BCUT2D eigenvalue weighted by Crippen LogP contribution is 2.29. The van der Waals surface area contributed by atoms with E-state index in [-0.39, 0.29) is 0 Å². The predicted molar refractivity (Wildman–Crippen MR) is 62.8 cm³/mol. The van der Waals surface area contributed by atoms with E-state index in [1.807, 2.05) is 42.5 Å². The Balaban J connectivity index is 2.24. The third-order valence-corrected chi connectivity index (χ3v) is 2.85. The number of allylic oxidation sites excluding steroid dienone is 4. The molecular formula is C13H11ClO. The Hall–Kier alpha value is -1.34. The van der Waals surface area contributed by atoms with Crippen molar-refractivity contribution in [2.45, 2.75) is 11.3 Å². The van der Waals surface area contributed by atoms with Gasteiger partial charge in [0.05, 0.1) is 0 Å². The molecule has 1 aliphatic carbocycles. The van der Waals surface area contributed by atoms with Crippen LogP contribution in [-0.2, 0) is 4.79 Å². The van der Waals surface area contributed by atoms with E-state index in [1.165, 1.54) is 0 Å². The van der Waals surface area contributed by atoms with Gasteiger partial charge >= 0.3 is 0 Å². The van der Waals surface area contributed by atoms with Gasteiger partial charge in [0.1, 0.15) is 11.2 Å². The quantitative estimate of drug-likeness (QED) is 0.550. The Kier molecular flexibility index (Phi) is 2.74. The lowest BCUT2D eigenvalue weighted by Crippen LogP contribution is -2.20. The number of carbonyl (C=O) groups is 1. The molecule has 0 aliphatic heterocycles. The summed E-state index contributed by atoms with van der Waals surface area (Å²) in [7, 11) is 0. The second-order valence-electron chi connectivity index (χ2n) is 3.61. The number of halogens is 1. The summed E-state index contributed by atoms with van der Waals surface area (Å²) in [6.07, 6.45) is 6.99. The smallest absolute Gasteiger partial charge is 0.145 e. The maximum Gasteiger partial charge on any atom is 0.145 e. The van der Waals surface area contributed by atoms with Crippen molar-refractivity contribution in [1.29, 1.82) is 0 Å². The van der Waals surface area contributed by atoms with Gasteiger partial charge in [-0.25, -0.2) is 0 Å². The summed E-state index contributed by atoms with van der Waals surface area (Å²) in [5.74, 6) is 0. The molecule has 1 nitrogen and oxygen atoms in total. The second kappa shape index (κ2) is 4.03. The molecular weight excluding hydrogens is 208 g/mol. The van der Waals surface area contributed by atoms with Crippen LogP contribution in [0.3, 0.4) is 0 Å². The molecule has 2 heteroatoms. The zero-order chi connectivity index (χ0) is 10.7. The minimum absolute atomic E-state index is 0.554. The molecule has 15 heavy (non-hydrogen) atoms. The van der Waals surface area contributed by atoms with Crippen molar-refractivity contribution in [1.82, 2.24) is 0 Å². The largest absolute Gasteiger partial charge is 0.301 e. The fourth-order valence-corrected chi connectivity index (χ4v) is 1.70. The van der Waals surface area contributed by atoms with Crippen LogP contribution in [0.1, 0.15) is 12.0 Å². The molecule has 1 unspecified atom stereocenters. The summed E-state index contributed by atoms with van der Waals surface area (Å²) in [6, 6.07) is 10.0. The lowest BCUT2D eigenvalue weighted by molar-refractivity contribution is -0.109. The van der Waals surface area contributed by atoms with Gasteiger partial charge < -0.3 is 4.79 Å². The average Bonchev–Trinajstić information content (AvgIpc) is 2.31. The molecule has 0 amide bonds.